The van der Waals surface area contributed by atoms with Gasteiger partial charge in [0.05, 0.1) is 7.11 Å². The fourth-order valence-electron chi connectivity index (χ4n) is 1.24. The Bertz CT molecular complexity index is 426. The number of aromatic nitrogens is 4. The molecule has 0 spiro atoms. The molecule has 9 heteroatoms. The number of nitrogens with one attached hydrogen (secondary N) is 2. The van der Waals surface area contributed by atoms with Crippen molar-refractivity contribution in [1.29, 1.82) is 0 Å². The average Bonchev–Trinajstić information content (AvgIpc) is 2.77. The third-order valence-corrected chi connectivity index (χ3v) is 1.95. The molecule has 1 rings (SSSR count). The van der Waals surface area contributed by atoms with Crippen LogP contribution in [0.5, 0.6) is 0 Å². The molecule has 106 valence electrons. The zero-order valence-electron chi connectivity index (χ0n) is 11.3. The van der Waals surface area contributed by atoms with Crippen LogP contribution in [0.4, 0.5) is 4.79 Å². The van der Waals surface area contributed by atoms with Crippen LogP contribution >= 0.6 is 0 Å². The van der Waals surface area contributed by atoms with Crippen LogP contribution in [0.2, 0.25) is 0 Å². The van der Waals surface area contributed by atoms with E-state index in [2.05, 4.69) is 30.7 Å². The molecular weight excluding hydrogens is 254 g/mol. The maximum absolute atomic E-state index is 11.6. The van der Waals surface area contributed by atoms with E-state index < -0.39 is 23.7 Å². The van der Waals surface area contributed by atoms with Crippen LogP contribution < -0.4 is 5.32 Å². The number of aromatic amines is 1. The molecular formula is C10H17N5O4. The van der Waals surface area contributed by atoms with Gasteiger partial charge in [-0.3, -0.25) is 0 Å². The molecule has 0 aromatic carbocycles. The van der Waals surface area contributed by atoms with Gasteiger partial charge < -0.3 is 14.8 Å². The van der Waals surface area contributed by atoms with Gasteiger partial charge in [-0.25, -0.2) is 9.59 Å². The van der Waals surface area contributed by atoms with Crippen LogP contribution in [0, 0.1) is 0 Å². The summed E-state index contributed by atoms with van der Waals surface area (Å²) in [6, 6.07) is -0.933. The van der Waals surface area contributed by atoms with E-state index in [0.717, 1.165) is 0 Å². The Hall–Kier alpha value is -2.19. The highest BCUT2D eigenvalue weighted by Crippen LogP contribution is 2.07. The molecule has 1 aromatic rings. The molecule has 1 aromatic heterocycles. The minimum absolute atomic E-state index is 0.0580. The number of carbonyl (C=O) groups excluding carboxylic acids is 2. The van der Waals surface area contributed by atoms with E-state index in [-0.39, 0.29) is 12.2 Å². The molecule has 0 unspecified atom stereocenters. The summed E-state index contributed by atoms with van der Waals surface area (Å²) >= 11 is 0. The maximum atomic E-state index is 11.6. The Morgan fingerprint density at radius 3 is 2.58 bits per heavy atom. The smallest absolute Gasteiger partial charge is 0.408 e. The second kappa shape index (κ2) is 6.12. The largest absolute Gasteiger partial charge is 0.467 e. The Balaban J connectivity index is 2.65. The molecule has 1 heterocycles. The van der Waals surface area contributed by atoms with Crippen LogP contribution in [-0.4, -0.2) is 51.4 Å². The molecule has 0 aliphatic heterocycles. The summed E-state index contributed by atoms with van der Waals surface area (Å²) in [6.45, 7) is 5.16. The minimum Gasteiger partial charge on any atom is -0.467 e. The number of tetrazole rings is 1. The molecule has 1 amide bonds. The van der Waals surface area contributed by atoms with Gasteiger partial charge in [0.25, 0.3) is 0 Å². The standard InChI is InChI=1S/C10H17N5O4/c1-10(2,3)19-9(17)11-6(8(16)18-4)5-7-12-14-15-13-7/h6H,5H2,1-4H3,(H,11,17)(H,12,13,14,15)/t6-/m0/s1. The second-order valence-corrected chi connectivity index (χ2v) is 4.75. The van der Waals surface area contributed by atoms with Gasteiger partial charge in [-0.2, -0.15) is 5.21 Å². The zero-order chi connectivity index (χ0) is 14.5. The van der Waals surface area contributed by atoms with Crippen molar-refractivity contribution < 1.29 is 19.1 Å². The first-order valence-electron chi connectivity index (χ1n) is 5.61. The lowest BCUT2D eigenvalue weighted by Crippen LogP contribution is -2.45. The number of hydrogen-bond acceptors (Lipinski definition) is 7. The van der Waals surface area contributed by atoms with Gasteiger partial charge >= 0.3 is 12.1 Å². The number of rotatable bonds is 4. The Kier molecular flexibility index (Phi) is 4.79. The summed E-state index contributed by atoms with van der Waals surface area (Å²) in [6.07, 6.45) is -0.658. The van der Waals surface area contributed by atoms with Crippen molar-refractivity contribution in [3.63, 3.8) is 0 Å². The zero-order valence-corrected chi connectivity index (χ0v) is 11.3. The first kappa shape index (κ1) is 14.9. The Labute approximate surface area is 110 Å². The third kappa shape index (κ3) is 5.32. The number of methoxy groups -OCH3 is 1. The van der Waals surface area contributed by atoms with E-state index in [0.29, 0.717) is 0 Å². The normalized spacial score (nSPS) is 12.6. The number of ether oxygens (including phenoxy) is 2. The fourth-order valence-corrected chi connectivity index (χ4v) is 1.24. The van der Waals surface area contributed by atoms with Gasteiger partial charge in [0.1, 0.15) is 11.6 Å². The van der Waals surface area contributed by atoms with Crippen LogP contribution in [0.1, 0.15) is 26.6 Å². The molecule has 0 saturated carbocycles. The molecule has 9 nitrogen and oxygen atoms in total. The van der Waals surface area contributed by atoms with Crippen molar-refractivity contribution in [2.45, 2.75) is 38.8 Å². The predicted molar refractivity (Wildman–Crippen MR) is 63.1 cm³/mol. The number of alkyl carbamates (subject to hydrolysis) is 1. The molecule has 2 N–H and O–H groups in total. The highest BCUT2D eigenvalue weighted by Gasteiger charge is 2.26. The number of carbonyl (C=O) groups is 2. The number of nitrogens with zero attached hydrogens (tertiary/aromatic N) is 3. The first-order valence-corrected chi connectivity index (χ1v) is 5.61. The van der Waals surface area contributed by atoms with Crippen LogP contribution in [0.25, 0.3) is 0 Å². The van der Waals surface area contributed by atoms with E-state index in [1.807, 2.05) is 0 Å². The predicted octanol–water partition coefficient (Wildman–Crippen LogP) is -0.192. The SMILES string of the molecule is COC(=O)[C@H](Cc1nn[nH]n1)NC(=O)OC(C)(C)C. The van der Waals surface area contributed by atoms with Gasteiger partial charge in [0.15, 0.2) is 5.82 Å². The number of hydrogen-bond donors (Lipinski definition) is 2. The van der Waals surface area contributed by atoms with E-state index in [4.69, 9.17) is 4.74 Å². The lowest BCUT2D eigenvalue weighted by molar-refractivity contribution is -0.143. The lowest BCUT2D eigenvalue weighted by Gasteiger charge is -2.22. The Morgan fingerprint density at radius 2 is 2.11 bits per heavy atom. The minimum atomic E-state index is -0.933. The van der Waals surface area contributed by atoms with Crippen molar-refractivity contribution >= 4 is 12.1 Å². The Morgan fingerprint density at radius 1 is 1.42 bits per heavy atom. The number of amides is 1. The highest BCUT2D eigenvalue weighted by atomic mass is 16.6. The molecule has 0 bridgehead atoms. The van der Waals surface area contributed by atoms with Gasteiger partial charge in [-0.1, -0.05) is 5.21 Å². The van der Waals surface area contributed by atoms with E-state index in [1.165, 1.54) is 7.11 Å². The van der Waals surface area contributed by atoms with Crippen molar-refractivity contribution in [1.82, 2.24) is 25.9 Å². The van der Waals surface area contributed by atoms with E-state index in [9.17, 15) is 9.59 Å². The summed E-state index contributed by atoms with van der Waals surface area (Å²) < 4.78 is 9.66. The summed E-state index contributed by atoms with van der Waals surface area (Å²) in [5.41, 5.74) is -0.656. The fraction of sp³-hybridized carbons (Fsp3) is 0.700. The van der Waals surface area contributed by atoms with E-state index >= 15 is 0 Å². The number of esters is 1. The topological polar surface area (TPSA) is 119 Å². The van der Waals surface area contributed by atoms with Crippen LogP contribution in [0.3, 0.4) is 0 Å². The molecule has 1 atom stereocenters. The first-order chi connectivity index (χ1) is 8.81. The molecule has 0 saturated heterocycles. The van der Waals surface area contributed by atoms with E-state index in [1.54, 1.807) is 20.8 Å². The lowest BCUT2D eigenvalue weighted by atomic mass is 10.2. The van der Waals surface area contributed by atoms with Crippen LogP contribution in [0.15, 0.2) is 0 Å². The van der Waals surface area contributed by atoms with Crippen LogP contribution in [-0.2, 0) is 20.7 Å². The monoisotopic (exact) mass is 271 g/mol. The van der Waals surface area contributed by atoms with Crippen molar-refractivity contribution in [2.75, 3.05) is 7.11 Å². The van der Waals surface area contributed by atoms with Crippen molar-refractivity contribution in [2.24, 2.45) is 0 Å². The van der Waals surface area contributed by atoms with Crippen molar-refractivity contribution in [3.05, 3.63) is 5.82 Å². The molecule has 0 radical (unpaired) electrons. The molecule has 19 heavy (non-hydrogen) atoms. The average molecular weight is 271 g/mol. The van der Waals surface area contributed by atoms with Gasteiger partial charge in [-0.15, -0.1) is 10.2 Å². The second-order valence-electron chi connectivity index (χ2n) is 4.75. The summed E-state index contributed by atoms with van der Waals surface area (Å²) in [4.78, 5) is 23.2. The number of H-pyrrole nitrogens is 1. The highest BCUT2D eigenvalue weighted by molar-refractivity contribution is 5.81. The van der Waals surface area contributed by atoms with Gasteiger partial charge in [-0.05, 0) is 20.8 Å². The molecule has 0 aliphatic carbocycles. The van der Waals surface area contributed by atoms with Gasteiger partial charge in [0.2, 0.25) is 0 Å². The van der Waals surface area contributed by atoms with Crippen molar-refractivity contribution in [3.8, 4) is 0 Å². The third-order valence-electron chi connectivity index (χ3n) is 1.95. The maximum Gasteiger partial charge on any atom is 0.408 e. The molecule has 0 fully saturated rings. The summed E-state index contributed by atoms with van der Waals surface area (Å²) in [7, 11) is 1.22. The molecule has 0 aliphatic rings. The van der Waals surface area contributed by atoms with Gasteiger partial charge in [0, 0.05) is 6.42 Å². The summed E-state index contributed by atoms with van der Waals surface area (Å²) in [5, 5.41) is 15.4. The quantitative estimate of drug-likeness (QED) is 0.728. The summed E-state index contributed by atoms with van der Waals surface area (Å²) in [5.74, 6) is -0.331.